The van der Waals surface area contributed by atoms with Crippen LogP contribution in [0.4, 0.5) is 8.78 Å². The Labute approximate surface area is 108 Å². The molecule has 0 bridgehead atoms. The van der Waals surface area contributed by atoms with Crippen molar-refractivity contribution in [3.63, 3.8) is 0 Å². The molecular weight excluding hydrogens is 256 g/mol. The number of carbonyl (C=O) groups excluding carboxylic acids is 2. The fourth-order valence-corrected chi connectivity index (χ4v) is 1.86. The van der Waals surface area contributed by atoms with Gasteiger partial charge < -0.3 is 10.1 Å². The molecule has 1 heterocycles. The zero-order valence-electron chi connectivity index (χ0n) is 10.1. The summed E-state index contributed by atoms with van der Waals surface area (Å²) in [5, 5.41) is 2.43. The first-order chi connectivity index (χ1) is 9.08. The average molecular weight is 269 g/mol. The molecule has 0 aromatic heterocycles. The van der Waals surface area contributed by atoms with E-state index in [1.54, 1.807) is 0 Å². The van der Waals surface area contributed by atoms with Crippen molar-refractivity contribution in [1.29, 1.82) is 0 Å². The molecule has 2 rings (SSSR count). The van der Waals surface area contributed by atoms with Crippen molar-refractivity contribution in [2.24, 2.45) is 0 Å². The van der Waals surface area contributed by atoms with Crippen LogP contribution in [0.15, 0.2) is 18.2 Å². The van der Waals surface area contributed by atoms with E-state index in [2.05, 4.69) is 5.32 Å². The summed E-state index contributed by atoms with van der Waals surface area (Å²) in [7, 11) is 0. The Kier molecular flexibility index (Phi) is 4.21. The largest absolute Gasteiger partial charge is 0.376 e. The molecule has 1 aromatic carbocycles. The Morgan fingerprint density at radius 2 is 2.11 bits per heavy atom. The summed E-state index contributed by atoms with van der Waals surface area (Å²) in [6, 6.07) is 2.60. The predicted octanol–water partition coefficient (Wildman–Crippen LogP) is 1.44. The molecule has 1 aliphatic heterocycles. The first kappa shape index (κ1) is 13.6. The van der Waals surface area contributed by atoms with Crippen molar-refractivity contribution < 1.29 is 23.1 Å². The summed E-state index contributed by atoms with van der Waals surface area (Å²) in [6.07, 6.45) is 1.68. The van der Waals surface area contributed by atoms with Crippen molar-refractivity contribution in [3.05, 3.63) is 35.4 Å². The van der Waals surface area contributed by atoms with Crippen LogP contribution in [-0.2, 0) is 9.53 Å². The van der Waals surface area contributed by atoms with Crippen LogP contribution in [-0.4, -0.2) is 30.9 Å². The van der Waals surface area contributed by atoms with E-state index in [0.29, 0.717) is 12.7 Å². The van der Waals surface area contributed by atoms with E-state index < -0.39 is 23.3 Å². The topological polar surface area (TPSA) is 55.4 Å². The maximum Gasteiger partial charge on any atom is 0.292 e. The highest BCUT2D eigenvalue weighted by molar-refractivity contribution is 6.42. The summed E-state index contributed by atoms with van der Waals surface area (Å²) in [5.74, 6) is -3.95. The first-order valence-electron chi connectivity index (χ1n) is 5.97. The zero-order valence-corrected chi connectivity index (χ0v) is 10.1. The van der Waals surface area contributed by atoms with Gasteiger partial charge in [-0.2, -0.15) is 0 Å². The van der Waals surface area contributed by atoms with Crippen molar-refractivity contribution in [1.82, 2.24) is 5.32 Å². The van der Waals surface area contributed by atoms with E-state index in [1.165, 1.54) is 0 Å². The standard InChI is InChI=1S/C13H13F2NO3/c14-10-4-3-8(6-11(10)15)12(17)13(18)16-7-9-2-1-5-19-9/h3-4,6,9H,1-2,5,7H2,(H,16,18). The summed E-state index contributed by atoms with van der Waals surface area (Å²) in [6.45, 7) is 0.895. The number of nitrogens with one attached hydrogen (secondary N) is 1. The number of ether oxygens (including phenoxy) is 1. The monoisotopic (exact) mass is 269 g/mol. The SMILES string of the molecule is O=C(NCC1CCCO1)C(=O)c1ccc(F)c(F)c1. The van der Waals surface area contributed by atoms with Crippen LogP contribution in [0.3, 0.4) is 0 Å². The number of halogens is 2. The van der Waals surface area contributed by atoms with Gasteiger partial charge in [-0.15, -0.1) is 0 Å². The fraction of sp³-hybridized carbons (Fsp3) is 0.385. The second kappa shape index (κ2) is 5.88. The Morgan fingerprint density at radius 3 is 2.74 bits per heavy atom. The van der Waals surface area contributed by atoms with Crippen LogP contribution in [0.5, 0.6) is 0 Å². The van der Waals surface area contributed by atoms with Gasteiger partial charge in [0.15, 0.2) is 11.6 Å². The Balaban J connectivity index is 1.94. The lowest BCUT2D eigenvalue weighted by atomic mass is 10.1. The number of benzene rings is 1. The van der Waals surface area contributed by atoms with Gasteiger partial charge in [0.25, 0.3) is 5.91 Å². The number of amides is 1. The Hall–Kier alpha value is -1.82. The fourth-order valence-electron chi connectivity index (χ4n) is 1.86. The van der Waals surface area contributed by atoms with Crippen LogP contribution in [0, 0.1) is 11.6 Å². The lowest BCUT2D eigenvalue weighted by molar-refractivity contribution is -0.117. The van der Waals surface area contributed by atoms with Crippen LogP contribution in [0.2, 0.25) is 0 Å². The van der Waals surface area contributed by atoms with E-state index in [4.69, 9.17) is 4.74 Å². The minimum Gasteiger partial charge on any atom is -0.376 e. The number of rotatable bonds is 4. The number of hydrogen-bond donors (Lipinski definition) is 1. The predicted molar refractivity (Wildman–Crippen MR) is 62.7 cm³/mol. The maximum absolute atomic E-state index is 13.0. The number of Topliss-reactive ketones (excluding diaryl/α,β-unsaturated/α-hetero) is 1. The van der Waals surface area contributed by atoms with Crippen molar-refractivity contribution in [2.45, 2.75) is 18.9 Å². The second-order valence-electron chi connectivity index (χ2n) is 4.30. The molecule has 1 N–H and O–H groups in total. The molecular formula is C13H13F2NO3. The molecule has 0 saturated carbocycles. The zero-order chi connectivity index (χ0) is 13.8. The van der Waals surface area contributed by atoms with E-state index in [-0.39, 0.29) is 18.2 Å². The maximum atomic E-state index is 13.0. The molecule has 0 spiro atoms. The quantitative estimate of drug-likeness (QED) is 0.664. The van der Waals surface area contributed by atoms with Crippen LogP contribution >= 0.6 is 0 Å². The van der Waals surface area contributed by atoms with E-state index in [9.17, 15) is 18.4 Å². The van der Waals surface area contributed by atoms with Gasteiger partial charge >= 0.3 is 0 Å². The molecule has 1 aliphatic rings. The molecule has 1 saturated heterocycles. The minimum atomic E-state index is -1.15. The van der Waals surface area contributed by atoms with Gasteiger partial charge in [0, 0.05) is 18.7 Å². The van der Waals surface area contributed by atoms with Gasteiger partial charge in [-0.3, -0.25) is 9.59 Å². The van der Waals surface area contributed by atoms with Crippen molar-refractivity contribution in [2.75, 3.05) is 13.2 Å². The molecule has 102 valence electrons. The lowest BCUT2D eigenvalue weighted by Crippen LogP contribution is -2.36. The van der Waals surface area contributed by atoms with Gasteiger partial charge in [0.2, 0.25) is 5.78 Å². The molecule has 4 nitrogen and oxygen atoms in total. The molecule has 1 aromatic rings. The van der Waals surface area contributed by atoms with Crippen LogP contribution in [0.25, 0.3) is 0 Å². The van der Waals surface area contributed by atoms with Crippen molar-refractivity contribution in [3.8, 4) is 0 Å². The van der Waals surface area contributed by atoms with E-state index >= 15 is 0 Å². The average Bonchev–Trinajstić information content (AvgIpc) is 2.91. The molecule has 0 aliphatic carbocycles. The van der Waals surface area contributed by atoms with Gasteiger partial charge in [0.1, 0.15) is 0 Å². The highest BCUT2D eigenvalue weighted by Crippen LogP contribution is 2.11. The molecule has 1 atom stereocenters. The van der Waals surface area contributed by atoms with Gasteiger partial charge in [-0.25, -0.2) is 8.78 Å². The molecule has 19 heavy (non-hydrogen) atoms. The summed E-state index contributed by atoms with van der Waals surface area (Å²) >= 11 is 0. The van der Waals surface area contributed by atoms with E-state index in [1.807, 2.05) is 0 Å². The molecule has 6 heteroatoms. The summed E-state index contributed by atoms with van der Waals surface area (Å²) in [4.78, 5) is 23.2. The number of carbonyl (C=O) groups is 2. The highest BCUT2D eigenvalue weighted by atomic mass is 19.2. The molecule has 1 unspecified atom stereocenters. The normalized spacial score (nSPS) is 18.3. The summed E-state index contributed by atoms with van der Waals surface area (Å²) in [5.41, 5.74) is -0.177. The minimum absolute atomic E-state index is 0.0818. The van der Waals surface area contributed by atoms with Gasteiger partial charge in [-0.05, 0) is 31.0 Å². The first-order valence-corrected chi connectivity index (χ1v) is 5.97. The van der Waals surface area contributed by atoms with Gasteiger partial charge in [0.05, 0.1) is 6.10 Å². The summed E-state index contributed by atoms with van der Waals surface area (Å²) < 4.78 is 31.0. The molecule has 1 fully saturated rings. The molecule has 0 radical (unpaired) electrons. The Bertz CT molecular complexity index is 499. The number of ketones is 1. The molecule has 1 amide bonds. The Morgan fingerprint density at radius 1 is 1.32 bits per heavy atom. The third kappa shape index (κ3) is 3.35. The van der Waals surface area contributed by atoms with E-state index in [0.717, 1.165) is 25.0 Å². The lowest BCUT2D eigenvalue weighted by Gasteiger charge is -2.10. The van der Waals surface area contributed by atoms with Crippen LogP contribution < -0.4 is 5.32 Å². The third-order valence-electron chi connectivity index (χ3n) is 2.90. The number of hydrogen-bond acceptors (Lipinski definition) is 3. The smallest absolute Gasteiger partial charge is 0.292 e. The highest BCUT2D eigenvalue weighted by Gasteiger charge is 2.21. The second-order valence-corrected chi connectivity index (χ2v) is 4.30. The van der Waals surface area contributed by atoms with Crippen molar-refractivity contribution >= 4 is 11.7 Å². The van der Waals surface area contributed by atoms with Crippen LogP contribution in [0.1, 0.15) is 23.2 Å². The third-order valence-corrected chi connectivity index (χ3v) is 2.90. The van der Waals surface area contributed by atoms with Gasteiger partial charge in [-0.1, -0.05) is 0 Å².